The lowest BCUT2D eigenvalue weighted by molar-refractivity contribution is 0.0636. The van der Waals surface area contributed by atoms with Crippen LogP contribution in [-0.2, 0) is 16.6 Å². The van der Waals surface area contributed by atoms with Crippen molar-refractivity contribution in [2.75, 3.05) is 33.2 Å². The Balaban J connectivity index is 1.38. The highest BCUT2D eigenvalue weighted by Gasteiger charge is 2.29. The van der Waals surface area contributed by atoms with Crippen molar-refractivity contribution < 1.29 is 13.2 Å². The number of hydrogen-bond donors (Lipinski definition) is 0. The molecule has 0 N–H and O–H groups in total. The Morgan fingerprint density at radius 3 is 2.41 bits per heavy atom. The van der Waals surface area contributed by atoms with Crippen molar-refractivity contribution in [2.45, 2.75) is 49.6 Å². The zero-order chi connectivity index (χ0) is 22.6. The van der Waals surface area contributed by atoms with E-state index in [9.17, 15) is 13.2 Å². The van der Waals surface area contributed by atoms with Crippen molar-refractivity contribution in [3.05, 3.63) is 59.9 Å². The summed E-state index contributed by atoms with van der Waals surface area (Å²) >= 11 is 0. The van der Waals surface area contributed by atoms with E-state index in [1.165, 1.54) is 5.56 Å². The molecule has 2 aliphatic heterocycles. The van der Waals surface area contributed by atoms with Gasteiger partial charge in [0.05, 0.1) is 4.90 Å². The molecule has 172 valence electrons. The molecule has 0 saturated carbocycles. The van der Waals surface area contributed by atoms with E-state index in [1.54, 1.807) is 33.5 Å². The number of piperidine rings is 2. The smallest absolute Gasteiger partial charge is 0.253 e. The van der Waals surface area contributed by atoms with Gasteiger partial charge in [0.25, 0.3) is 5.91 Å². The monoisotopic (exact) mass is 456 g/mol. The van der Waals surface area contributed by atoms with E-state index in [0.29, 0.717) is 18.7 Å². The maximum atomic E-state index is 13.2. The van der Waals surface area contributed by atoms with Crippen molar-refractivity contribution in [1.82, 2.24) is 19.1 Å². The van der Waals surface area contributed by atoms with E-state index in [-0.39, 0.29) is 16.8 Å². The number of carbonyl (C=O) groups excluding carboxylic acids is 1. The first-order valence-electron chi connectivity index (χ1n) is 11.4. The van der Waals surface area contributed by atoms with Crippen molar-refractivity contribution in [3.8, 4) is 0 Å². The molecular formula is C24H32N4O3S. The van der Waals surface area contributed by atoms with Gasteiger partial charge in [-0.25, -0.2) is 8.42 Å². The zero-order valence-corrected chi connectivity index (χ0v) is 19.5. The highest BCUT2D eigenvalue weighted by atomic mass is 32.2. The van der Waals surface area contributed by atoms with Gasteiger partial charge in [0, 0.05) is 63.8 Å². The van der Waals surface area contributed by atoms with Gasteiger partial charge in [0.1, 0.15) is 0 Å². The van der Waals surface area contributed by atoms with Crippen molar-refractivity contribution in [1.29, 1.82) is 0 Å². The fourth-order valence-corrected chi connectivity index (χ4v) is 6.19. The first-order chi connectivity index (χ1) is 15.4. The van der Waals surface area contributed by atoms with Gasteiger partial charge in [0.15, 0.2) is 0 Å². The van der Waals surface area contributed by atoms with Crippen LogP contribution < -0.4 is 0 Å². The third-order valence-corrected chi connectivity index (χ3v) is 8.51. The molecule has 0 aliphatic carbocycles. The number of likely N-dealkylation sites (tertiary alicyclic amines) is 1. The average Bonchev–Trinajstić information content (AvgIpc) is 2.85. The first kappa shape index (κ1) is 22.9. The molecule has 2 aromatic rings. The molecular weight excluding hydrogens is 424 g/mol. The van der Waals surface area contributed by atoms with Crippen molar-refractivity contribution in [2.24, 2.45) is 0 Å². The summed E-state index contributed by atoms with van der Waals surface area (Å²) in [7, 11) is -1.72. The van der Waals surface area contributed by atoms with E-state index >= 15 is 0 Å². The molecule has 3 heterocycles. The number of sulfonamides is 1. The Morgan fingerprint density at radius 1 is 1.03 bits per heavy atom. The molecule has 7 nitrogen and oxygen atoms in total. The van der Waals surface area contributed by atoms with Crippen LogP contribution in [0.3, 0.4) is 0 Å². The lowest BCUT2D eigenvalue weighted by Crippen LogP contribution is -2.45. The Morgan fingerprint density at radius 2 is 1.72 bits per heavy atom. The number of pyridine rings is 1. The molecule has 32 heavy (non-hydrogen) atoms. The van der Waals surface area contributed by atoms with Gasteiger partial charge < -0.3 is 4.90 Å². The summed E-state index contributed by atoms with van der Waals surface area (Å²) in [4.78, 5) is 21.6. The summed E-state index contributed by atoms with van der Waals surface area (Å²) < 4.78 is 27.6. The highest BCUT2D eigenvalue weighted by molar-refractivity contribution is 7.89. The second kappa shape index (κ2) is 10.1. The van der Waals surface area contributed by atoms with Crippen LogP contribution in [0.25, 0.3) is 0 Å². The second-order valence-corrected chi connectivity index (χ2v) is 10.7. The third-order valence-electron chi connectivity index (χ3n) is 6.61. The van der Waals surface area contributed by atoms with Gasteiger partial charge >= 0.3 is 0 Å². The van der Waals surface area contributed by atoms with Gasteiger partial charge in [-0.05, 0) is 61.6 Å². The van der Waals surface area contributed by atoms with Crippen LogP contribution in [0.4, 0.5) is 0 Å². The number of aromatic nitrogens is 1. The number of carbonyl (C=O) groups is 1. The van der Waals surface area contributed by atoms with Crippen LogP contribution in [0.2, 0.25) is 0 Å². The van der Waals surface area contributed by atoms with Crippen LogP contribution >= 0.6 is 0 Å². The number of hydrogen-bond acceptors (Lipinski definition) is 5. The Hall–Kier alpha value is -2.29. The molecule has 1 amide bonds. The maximum absolute atomic E-state index is 13.2. The molecule has 2 aliphatic rings. The van der Waals surface area contributed by atoms with E-state index in [2.05, 4.69) is 9.88 Å². The normalized spacial score (nSPS) is 19.0. The molecule has 8 heteroatoms. The number of nitrogens with zero attached hydrogens (tertiary/aromatic N) is 4. The van der Waals surface area contributed by atoms with Crippen molar-refractivity contribution >= 4 is 15.9 Å². The largest absolute Gasteiger partial charge is 0.339 e. The molecule has 4 rings (SSSR count). The summed E-state index contributed by atoms with van der Waals surface area (Å²) in [6.45, 7) is 3.85. The summed E-state index contributed by atoms with van der Waals surface area (Å²) in [6.07, 6.45) is 8.28. The Labute approximate surface area is 191 Å². The summed E-state index contributed by atoms with van der Waals surface area (Å²) in [6, 6.07) is 10.7. The van der Waals surface area contributed by atoms with Gasteiger partial charge in [-0.2, -0.15) is 4.31 Å². The van der Waals surface area contributed by atoms with E-state index in [1.807, 2.05) is 31.6 Å². The Bertz CT molecular complexity index is 1010. The molecule has 2 saturated heterocycles. The van der Waals surface area contributed by atoms with Crippen LogP contribution in [0, 0.1) is 0 Å². The molecule has 0 bridgehead atoms. The number of benzene rings is 1. The van der Waals surface area contributed by atoms with Gasteiger partial charge in [-0.1, -0.05) is 12.5 Å². The van der Waals surface area contributed by atoms with Crippen LogP contribution in [0.5, 0.6) is 0 Å². The standard InChI is InChI=1S/C24H32N4O3S/c1-26(22-10-16-27(17-11-22)19-20-8-12-25-13-9-20)24(29)21-6-5-7-23(18-21)32(30,31)28-14-3-2-4-15-28/h5-9,12-13,18,22H,2-4,10-11,14-17,19H2,1H3. The number of rotatable bonds is 6. The predicted octanol–water partition coefficient (Wildman–Crippen LogP) is 2.99. The van der Waals surface area contributed by atoms with Crippen LogP contribution in [0.1, 0.15) is 48.0 Å². The minimum atomic E-state index is -3.55. The van der Waals surface area contributed by atoms with E-state index < -0.39 is 10.0 Å². The summed E-state index contributed by atoms with van der Waals surface area (Å²) in [5.74, 6) is -0.117. The molecule has 1 aromatic carbocycles. The molecule has 0 spiro atoms. The average molecular weight is 457 g/mol. The van der Waals surface area contributed by atoms with Crippen LogP contribution in [0.15, 0.2) is 53.7 Å². The minimum Gasteiger partial charge on any atom is -0.339 e. The maximum Gasteiger partial charge on any atom is 0.253 e. The molecule has 2 fully saturated rings. The topological polar surface area (TPSA) is 73.8 Å². The fraction of sp³-hybridized carbons (Fsp3) is 0.500. The molecule has 0 radical (unpaired) electrons. The van der Waals surface area contributed by atoms with E-state index in [0.717, 1.165) is 51.7 Å². The van der Waals surface area contributed by atoms with Gasteiger partial charge in [-0.3, -0.25) is 14.7 Å². The van der Waals surface area contributed by atoms with Crippen LogP contribution in [-0.4, -0.2) is 72.7 Å². The third kappa shape index (κ3) is 5.19. The quantitative estimate of drug-likeness (QED) is 0.668. The van der Waals surface area contributed by atoms with E-state index in [4.69, 9.17) is 0 Å². The summed E-state index contributed by atoms with van der Waals surface area (Å²) in [5.41, 5.74) is 1.68. The second-order valence-electron chi connectivity index (χ2n) is 8.77. The van der Waals surface area contributed by atoms with Crippen molar-refractivity contribution in [3.63, 3.8) is 0 Å². The Kier molecular flexibility index (Phi) is 7.23. The molecule has 0 atom stereocenters. The number of amides is 1. The van der Waals surface area contributed by atoms with Gasteiger partial charge in [0.2, 0.25) is 10.0 Å². The molecule has 1 aromatic heterocycles. The predicted molar refractivity (Wildman–Crippen MR) is 124 cm³/mol. The summed E-state index contributed by atoms with van der Waals surface area (Å²) in [5, 5.41) is 0. The van der Waals surface area contributed by atoms with Gasteiger partial charge in [-0.15, -0.1) is 0 Å². The molecule has 0 unspecified atom stereocenters. The zero-order valence-electron chi connectivity index (χ0n) is 18.7. The lowest BCUT2D eigenvalue weighted by Gasteiger charge is -2.37. The fourth-order valence-electron chi connectivity index (χ4n) is 4.62. The lowest BCUT2D eigenvalue weighted by atomic mass is 10.0. The first-order valence-corrected chi connectivity index (χ1v) is 12.9. The SMILES string of the molecule is CN(C(=O)c1cccc(S(=O)(=O)N2CCCCC2)c1)C1CCN(Cc2ccncc2)CC1. The highest BCUT2D eigenvalue weighted by Crippen LogP contribution is 2.23. The minimum absolute atomic E-state index is 0.117.